The Morgan fingerprint density at radius 1 is 1.07 bits per heavy atom. The number of carbonyl (C=O) groups is 1. The maximum absolute atomic E-state index is 11.8. The molecule has 0 fully saturated rings. The highest BCUT2D eigenvalue weighted by Crippen LogP contribution is 2.44. The van der Waals surface area contributed by atoms with Crippen molar-refractivity contribution >= 4 is 17.2 Å². The van der Waals surface area contributed by atoms with Gasteiger partial charge in [0.05, 0.1) is 30.8 Å². The van der Waals surface area contributed by atoms with E-state index in [2.05, 4.69) is 0 Å². The van der Waals surface area contributed by atoms with Crippen LogP contribution in [-0.2, 0) is 11.8 Å². The second-order valence-electron chi connectivity index (χ2n) is 6.15. The molecule has 27 heavy (non-hydrogen) atoms. The minimum atomic E-state index is 0.0814. The van der Waals surface area contributed by atoms with E-state index >= 15 is 0 Å². The van der Waals surface area contributed by atoms with Gasteiger partial charge in [0.25, 0.3) is 0 Å². The smallest absolute Gasteiger partial charge is 0.188 e. The predicted molar refractivity (Wildman–Crippen MR) is 104 cm³/mol. The molecule has 142 valence electrons. The highest BCUT2D eigenvalue weighted by molar-refractivity contribution is 6.06. The first-order valence-electron chi connectivity index (χ1n) is 8.48. The molecule has 0 saturated carbocycles. The van der Waals surface area contributed by atoms with Crippen molar-refractivity contribution in [2.75, 3.05) is 28.1 Å². The van der Waals surface area contributed by atoms with E-state index in [9.17, 15) is 4.79 Å². The first kappa shape index (κ1) is 18.8. The molecule has 3 aromatic rings. The monoisotopic (exact) mass is 369 g/mol. The van der Waals surface area contributed by atoms with Crippen LogP contribution in [-0.4, -0.2) is 39.0 Å². The van der Waals surface area contributed by atoms with Gasteiger partial charge in [0.15, 0.2) is 24.6 Å². The van der Waals surface area contributed by atoms with Crippen molar-refractivity contribution in [1.82, 2.24) is 4.57 Å². The number of hydrogen-bond acceptors (Lipinski definition) is 5. The molecule has 0 saturated heterocycles. The van der Waals surface area contributed by atoms with Crippen molar-refractivity contribution in [1.29, 1.82) is 0 Å². The van der Waals surface area contributed by atoms with E-state index in [1.54, 1.807) is 27.4 Å². The third-order valence-electron chi connectivity index (χ3n) is 4.68. The summed E-state index contributed by atoms with van der Waals surface area (Å²) in [7, 11) is 6.69. The number of fused-ring (bicyclic) bond motifs is 1. The molecule has 2 aromatic carbocycles. The number of aldehydes is 1. The van der Waals surface area contributed by atoms with Gasteiger partial charge in [-0.05, 0) is 48.4 Å². The summed E-state index contributed by atoms with van der Waals surface area (Å²) >= 11 is 0. The van der Waals surface area contributed by atoms with Gasteiger partial charge in [-0.15, -0.1) is 0 Å². The second kappa shape index (κ2) is 7.72. The number of aryl methyl sites for hydroxylation is 2. The third-order valence-corrected chi connectivity index (χ3v) is 4.68. The fraction of sp³-hybridized carbons (Fsp3) is 0.286. The van der Waals surface area contributed by atoms with Gasteiger partial charge in [0.1, 0.15) is 5.75 Å². The molecule has 0 N–H and O–H groups in total. The largest absolute Gasteiger partial charge is 0.497 e. The van der Waals surface area contributed by atoms with Gasteiger partial charge in [-0.3, -0.25) is 4.79 Å². The molecule has 0 unspecified atom stereocenters. The standard InChI is InChI=1S/C21H23NO5/c1-13-18-20(15(11-23)10-17(26-5)21(18)27-12-24-3)22(2)19(13)14-6-8-16(25-4)9-7-14/h6-11H,12H2,1-5H3. The van der Waals surface area contributed by atoms with Gasteiger partial charge in [0, 0.05) is 19.7 Å². The zero-order valence-corrected chi connectivity index (χ0v) is 16.2. The Morgan fingerprint density at radius 2 is 1.78 bits per heavy atom. The van der Waals surface area contributed by atoms with Crippen molar-refractivity contribution in [3.63, 3.8) is 0 Å². The van der Waals surface area contributed by atoms with E-state index in [1.165, 1.54) is 0 Å². The Bertz CT molecular complexity index is 973. The van der Waals surface area contributed by atoms with Crippen LogP contribution in [0.4, 0.5) is 0 Å². The molecule has 6 nitrogen and oxygen atoms in total. The molecule has 0 bridgehead atoms. The van der Waals surface area contributed by atoms with Crippen LogP contribution in [0, 0.1) is 6.92 Å². The molecule has 1 aromatic heterocycles. The van der Waals surface area contributed by atoms with E-state index in [1.807, 2.05) is 42.8 Å². The average molecular weight is 369 g/mol. The molecule has 0 spiro atoms. The number of benzene rings is 2. The topological polar surface area (TPSA) is 58.9 Å². The zero-order chi connectivity index (χ0) is 19.6. The number of ether oxygens (including phenoxy) is 4. The number of rotatable bonds is 7. The molecule has 6 heteroatoms. The van der Waals surface area contributed by atoms with Gasteiger partial charge in [-0.25, -0.2) is 0 Å². The lowest BCUT2D eigenvalue weighted by Crippen LogP contribution is -2.03. The number of hydrogen-bond donors (Lipinski definition) is 0. The van der Waals surface area contributed by atoms with Crippen molar-refractivity contribution in [3.8, 4) is 28.5 Å². The number of aromatic nitrogens is 1. The Morgan fingerprint density at radius 3 is 2.33 bits per heavy atom. The van der Waals surface area contributed by atoms with Crippen molar-refractivity contribution in [2.45, 2.75) is 6.92 Å². The van der Waals surface area contributed by atoms with E-state index in [4.69, 9.17) is 18.9 Å². The molecule has 0 atom stereocenters. The van der Waals surface area contributed by atoms with Crippen molar-refractivity contribution < 1.29 is 23.7 Å². The Labute approximate surface area is 158 Å². The lowest BCUT2D eigenvalue weighted by atomic mass is 10.0. The highest BCUT2D eigenvalue weighted by Gasteiger charge is 2.23. The van der Waals surface area contributed by atoms with Crippen LogP contribution < -0.4 is 14.2 Å². The van der Waals surface area contributed by atoms with Crippen LogP contribution in [0.3, 0.4) is 0 Å². The van der Waals surface area contributed by atoms with Crippen LogP contribution in [0.2, 0.25) is 0 Å². The van der Waals surface area contributed by atoms with Crippen molar-refractivity contribution in [2.24, 2.45) is 7.05 Å². The summed E-state index contributed by atoms with van der Waals surface area (Å²) in [4.78, 5) is 11.8. The normalized spacial score (nSPS) is 10.9. The van der Waals surface area contributed by atoms with Crippen LogP contribution in [0.25, 0.3) is 22.2 Å². The SMILES string of the molecule is COCOc1c(OC)cc(C=O)c2c1c(C)c(-c1ccc(OC)cc1)n2C. The van der Waals surface area contributed by atoms with Crippen LogP contribution in [0.1, 0.15) is 15.9 Å². The third kappa shape index (κ3) is 3.13. The summed E-state index contributed by atoms with van der Waals surface area (Å²) < 4.78 is 23.6. The van der Waals surface area contributed by atoms with E-state index in [0.717, 1.165) is 39.8 Å². The quantitative estimate of drug-likeness (QED) is 0.466. The summed E-state index contributed by atoms with van der Waals surface area (Å²) in [6.45, 7) is 2.09. The van der Waals surface area contributed by atoms with Gasteiger partial charge in [-0.2, -0.15) is 0 Å². The molecular formula is C21H23NO5. The van der Waals surface area contributed by atoms with Crippen molar-refractivity contribution in [3.05, 3.63) is 41.5 Å². The zero-order valence-electron chi connectivity index (χ0n) is 16.2. The number of carbonyl (C=O) groups excluding carboxylic acids is 1. The van der Waals surface area contributed by atoms with Gasteiger partial charge in [0.2, 0.25) is 0 Å². The highest BCUT2D eigenvalue weighted by atomic mass is 16.7. The summed E-state index contributed by atoms with van der Waals surface area (Å²) in [6.07, 6.45) is 0.836. The first-order chi connectivity index (χ1) is 13.1. The van der Waals surface area contributed by atoms with Gasteiger partial charge >= 0.3 is 0 Å². The Balaban J connectivity index is 2.35. The van der Waals surface area contributed by atoms with Crippen LogP contribution in [0.15, 0.2) is 30.3 Å². The second-order valence-corrected chi connectivity index (χ2v) is 6.15. The fourth-order valence-corrected chi connectivity index (χ4v) is 3.50. The Hall–Kier alpha value is -2.99. The molecule has 1 heterocycles. The minimum Gasteiger partial charge on any atom is -0.497 e. The minimum absolute atomic E-state index is 0.0814. The van der Waals surface area contributed by atoms with E-state index in [-0.39, 0.29) is 6.79 Å². The van der Waals surface area contributed by atoms with Gasteiger partial charge in [-0.1, -0.05) is 0 Å². The molecule has 0 aliphatic carbocycles. The number of nitrogens with zero attached hydrogens (tertiary/aromatic N) is 1. The first-order valence-corrected chi connectivity index (χ1v) is 8.48. The molecule has 0 aliphatic heterocycles. The van der Waals surface area contributed by atoms with E-state index < -0.39 is 0 Å². The molecule has 0 amide bonds. The summed E-state index contributed by atoms with van der Waals surface area (Å²) in [6, 6.07) is 9.50. The van der Waals surface area contributed by atoms with Gasteiger partial charge < -0.3 is 23.5 Å². The predicted octanol–water partition coefficient (Wildman–Crippen LogP) is 3.97. The fourth-order valence-electron chi connectivity index (χ4n) is 3.50. The summed E-state index contributed by atoms with van der Waals surface area (Å²) in [5, 5.41) is 0.835. The molecule has 0 aliphatic rings. The maximum atomic E-state index is 11.8. The average Bonchev–Trinajstić information content (AvgIpc) is 2.96. The number of methoxy groups -OCH3 is 3. The summed E-state index contributed by atoms with van der Waals surface area (Å²) in [5.74, 6) is 1.85. The molecule has 3 rings (SSSR count). The van der Waals surface area contributed by atoms with Crippen LogP contribution >= 0.6 is 0 Å². The summed E-state index contributed by atoms with van der Waals surface area (Å²) in [5.41, 5.74) is 4.33. The lowest BCUT2D eigenvalue weighted by Gasteiger charge is -2.13. The molecule has 0 radical (unpaired) electrons. The Kier molecular flexibility index (Phi) is 5.37. The molecular weight excluding hydrogens is 346 g/mol. The maximum Gasteiger partial charge on any atom is 0.188 e. The van der Waals surface area contributed by atoms with Crippen LogP contribution in [0.5, 0.6) is 17.2 Å². The lowest BCUT2D eigenvalue weighted by molar-refractivity contribution is 0.0503. The van der Waals surface area contributed by atoms with E-state index in [0.29, 0.717) is 17.1 Å².